The zero-order valence-corrected chi connectivity index (χ0v) is 12.1. The van der Waals surface area contributed by atoms with Crippen molar-refractivity contribution in [2.75, 3.05) is 0 Å². The molecule has 0 amide bonds. The summed E-state index contributed by atoms with van der Waals surface area (Å²) in [5.41, 5.74) is 0.923. The molecule has 98 valence electrons. The van der Waals surface area contributed by atoms with Gasteiger partial charge in [0, 0.05) is 5.02 Å². The fourth-order valence-corrected chi connectivity index (χ4v) is 3.21. The number of hydrogen-bond acceptors (Lipinski definition) is 0. The summed E-state index contributed by atoms with van der Waals surface area (Å²) in [7, 11) is 0. The summed E-state index contributed by atoms with van der Waals surface area (Å²) in [5, 5.41) is 0.239. The maximum Gasteiger partial charge on any atom is 0.238 e. The number of rotatable bonds is 1. The van der Waals surface area contributed by atoms with Crippen LogP contribution in [0.1, 0.15) is 37.5 Å². The summed E-state index contributed by atoms with van der Waals surface area (Å²) < 4.78 is 38.8. The van der Waals surface area contributed by atoms with Crippen LogP contribution in [0.5, 0.6) is 0 Å². The van der Waals surface area contributed by atoms with Crippen LogP contribution >= 0.6 is 22.8 Å². The Labute approximate surface area is 107 Å². The van der Waals surface area contributed by atoms with Crippen LogP contribution < -0.4 is 0 Å². The van der Waals surface area contributed by atoms with Crippen molar-refractivity contribution in [2.24, 2.45) is 0 Å². The molecule has 0 heterocycles. The number of aryl methyl sites for hydroxylation is 1. The van der Waals surface area contributed by atoms with Crippen molar-refractivity contribution < 1.29 is 11.7 Å². The summed E-state index contributed by atoms with van der Waals surface area (Å²) in [6.07, 6.45) is 0. The van der Waals surface area contributed by atoms with Gasteiger partial charge in [-0.15, -0.1) is 11.7 Å². The zero-order chi connectivity index (χ0) is 13.6. The van der Waals surface area contributed by atoms with Gasteiger partial charge < -0.3 is 0 Å². The second-order valence-electron chi connectivity index (χ2n) is 5.17. The lowest BCUT2D eigenvalue weighted by Crippen LogP contribution is -2.13. The fraction of sp³-hybridized carbons (Fsp3) is 0.500. The van der Waals surface area contributed by atoms with Gasteiger partial charge in [-0.1, -0.05) is 38.4 Å². The van der Waals surface area contributed by atoms with Crippen LogP contribution in [0, 0.1) is 13.8 Å². The highest BCUT2D eigenvalue weighted by Gasteiger charge is 2.32. The highest BCUT2D eigenvalue weighted by Crippen LogP contribution is 2.63. The van der Waals surface area contributed by atoms with E-state index < -0.39 is 16.1 Å². The third-order valence-electron chi connectivity index (χ3n) is 2.66. The summed E-state index contributed by atoms with van der Waals surface area (Å²) in [5.74, 6) is 0. The van der Waals surface area contributed by atoms with Gasteiger partial charge in [-0.25, -0.2) is 0 Å². The van der Waals surface area contributed by atoms with Crippen LogP contribution in [-0.2, 0) is 5.41 Å². The van der Waals surface area contributed by atoms with E-state index in [1.54, 1.807) is 6.07 Å². The van der Waals surface area contributed by atoms with Crippen LogP contribution in [0.15, 0.2) is 11.0 Å². The average Bonchev–Trinajstić information content (AvgIpc) is 2.07. The highest BCUT2D eigenvalue weighted by molar-refractivity contribution is 8.21. The van der Waals surface area contributed by atoms with Crippen molar-refractivity contribution in [3.8, 4) is 0 Å². The first kappa shape index (κ1) is 14.7. The Hall–Kier alpha value is -0.350. The first-order valence-corrected chi connectivity index (χ1v) is 6.90. The SMILES string of the molecule is Cc1cc(C(C)(C)C)c(Cl)c(C)c1S(F)(F)F. The van der Waals surface area contributed by atoms with E-state index in [1.165, 1.54) is 13.8 Å². The number of halogens is 4. The molecule has 0 fully saturated rings. The molecule has 0 aliphatic carbocycles. The zero-order valence-electron chi connectivity index (χ0n) is 10.5. The second kappa shape index (κ2) is 4.39. The van der Waals surface area contributed by atoms with Gasteiger partial charge in [0.05, 0.1) is 4.90 Å². The highest BCUT2D eigenvalue weighted by atomic mass is 35.5. The van der Waals surface area contributed by atoms with Gasteiger partial charge in [-0.2, -0.15) is 0 Å². The topological polar surface area (TPSA) is 0 Å². The minimum atomic E-state index is -5.23. The minimum Gasteiger partial charge on any atom is -0.120 e. The molecule has 0 bridgehead atoms. The predicted octanol–water partition coefficient (Wildman–Crippen LogP) is 6.07. The molecule has 0 unspecified atom stereocenters. The van der Waals surface area contributed by atoms with Crippen LogP contribution in [0.4, 0.5) is 11.7 Å². The predicted molar refractivity (Wildman–Crippen MR) is 68.8 cm³/mol. The molecule has 0 radical (unpaired) electrons. The molecule has 17 heavy (non-hydrogen) atoms. The standard InChI is InChI=1S/C12H16ClF3S/c1-7-6-9(12(3,4)5)10(13)8(2)11(7)17(14,15)16/h6H,1-5H3. The van der Waals surface area contributed by atoms with E-state index in [-0.39, 0.29) is 21.6 Å². The van der Waals surface area contributed by atoms with Crippen LogP contribution in [-0.4, -0.2) is 0 Å². The monoisotopic (exact) mass is 284 g/mol. The van der Waals surface area contributed by atoms with Crippen molar-refractivity contribution in [3.63, 3.8) is 0 Å². The molecule has 1 aromatic rings. The summed E-state index contributed by atoms with van der Waals surface area (Å²) in [4.78, 5) is -0.532. The van der Waals surface area contributed by atoms with Gasteiger partial charge in [0.15, 0.2) is 0 Å². The summed E-state index contributed by atoms with van der Waals surface area (Å²) >= 11 is 0.841. The Bertz CT molecular complexity index is 445. The quantitative estimate of drug-likeness (QED) is 0.587. The smallest absolute Gasteiger partial charge is 0.120 e. The van der Waals surface area contributed by atoms with Crippen LogP contribution in [0.25, 0.3) is 0 Å². The molecule has 1 aromatic carbocycles. The molecular formula is C12H16ClF3S. The Balaban J connectivity index is 3.60. The summed E-state index contributed by atoms with van der Waals surface area (Å²) in [6.45, 7) is 8.75. The van der Waals surface area contributed by atoms with Crippen molar-refractivity contribution >= 4 is 22.8 Å². The van der Waals surface area contributed by atoms with Gasteiger partial charge in [-0.05, 0) is 36.0 Å². The summed E-state index contributed by atoms with van der Waals surface area (Å²) in [6, 6.07) is 1.56. The van der Waals surface area contributed by atoms with E-state index in [1.807, 2.05) is 20.8 Å². The second-order valence-corrected chi connectivity index (χ2v) is 6.76. The molecule has 0 aromatic heterocycles. The van der Waals surface area contributed by atoms with Crippen molar-refractivity contribution in [2.45, 2.75) is 44.9 Å². The van der Waals surface area contributed by atoms with E-state index >= 15 is 0 Å². The Morgan fingerprint density at radius 3 is 1.94 bits per heavy atom. The third kappa shape index (κ3) is 2.91. The molecule has 5 heteroatoms. The van der Waals surface area contributed by atoms with Gasteiger partial charge in [0.1, 0.15) is 0 Å². The Morgan fingerprint density at radius 2 is 1.59 bits per heavy atom. The molecule has 0 N–H and O–H groups in total. The van der Waals surface area contributed by atoms with Crippen molar-refractivity contribution in [1.82, 2.24) is 0 Å². The molecular weight excluding hydrogens is 269 g/mol. The van der Waals surface area contributed by atoms with E-state index in [0.29, 0.717) is 0 Å². The van der Waals surface area contributed by atoms with Crippen molar-refractivity contribution in [1.29, 1.82) is 0 Å². The molecule has 0 saturated carbocycles. The molecule has 0 atom stereocenters. The van der Waals surface area contributed by atoms with E-state index in [4.69, 9.17) is 11.6 Å². The average molecular weight is 285 g/mol. The third-order valence-corrected chi connectivity index (χ3v) is 4.24. The maximum atomic E-state index is 12.9. The Kier molecular flexibility index (Phi) is 3.80. The maximum absolute atomic E-state index is 12.9. The first-order chi connectivity index (χ1) is 7.46. The van der Waals surface area contributed by atoms with Crippen LogP contribution in [0.3, 0.4) is 0 Å². The molecule has 0 spiro atoms. The van der Waals surface area contributed by atoms with Crippen LogP contribution in [0.2, 0.25) is 5.02 Å². The van der Waals surface area contributed by atoms with E-state index in [0.717, 1.165) is 5.56 Å². The molecule has 0 saturated heterocycles. The number of benzene rings is 1. The molecule has 0 aliphatic heterocycles. The number of hydrogen-bond donors (Lipinski definition) is 0. The largest absolute Gasteiger partial charge is 0.238 e. The first-order valence-electron chi connectivity index (χ1n) is 5.18. The fourth-order valence-electron chi connectivity index (χ4n) is 1.84. The van der Waals surface area contributed by atoms with E-state index in [2.05, 4.69) is 0 Å². The van der Waals surface area contributed by atoms with E-state index in [9.17, 15) is 11.7 Å². The van der Waals surface area contributed by atoms with Gasteiger partial charge in [0.25, 0.3) is 0 Å². The van der Waals surface area contributed by atoms with Gasteiger partial charge >= 0.3 is 0 Å². The molecule has 0 nitrogen and oxygen atoms in total. The normalized spacial score (nSPS) is 13.9. The lowest BCUT2D eigenvalue weighted by molar-refractivity contribution is 0.586. The minimum absolute atomic E-state index is 0.152. The lowest BCUT2D eigenvalue weighted by Gasteiger charge is -2.25. The Morgan fingerprint density at radius 1 is 1.12 bits per heavy atom. The lowest BCUT2D eigenvalue weighted by atomic mass is 9.85. The van der Waals surface area contributed by atoms with Crippen molar-refractivity contribution in [3.05, 3.63) is 27.8 Å². The molecule has 1 rings (SSSR count). The molecule has 0 aliphatic rings. The van der Waals surface area contributed by atoms with Gasteiger partial charge in [0.2, 0.25) is 11.2 Å². The van der Waals surface area contributed by atoms with Gasteiger partial charge in [-0.3, -0.25) is 0 Å².